The molecule has 3 N–H and O–H groups in total. The molecule has 1 aromatic heterocycles. The van der Waals surface area contributed by atoms with Gasteiger partial charge in [-0.1, -0.05) is 39.0 Å². The Bertz CT molecular complexity index is 1290. The molecule has 7 heteroatoms. The number of aliphatic hydroxyl groups is 3. The van der Waals surface area contributed by atoms with E-state index >= 15 is 0 Å². The van der Waals surface area contributed by atoms with E-state index in [2.05, 4.69) is 25.9 Å². The maximum absolute atomic E-state index is 14.2. The number of nitrogens with zero attached hydrogens (tertiary/aromatic N) is 1. The number of benzene rings is 1. The van der Waals surface area contributed by atoms with Crippen LogP contribution in [-0.2, 0) is 11.2 Å². The molecule has 0 saturated heterocycles. The maximum Gasteiger partial charge on any atom is 0.262 e. The molecule has 1 heterocycles. The van der Waals surface area contributed by atoms with Gasteiger partial charge in [0, 0.05) is 5.92 Å². The first-order valence-electron chi connectivity index (χ1n) is 12.6. The first kappa shape index (κ1) is 23.0. The van der Waals surface area contributed by atoms with Crippen molar-refractivity contribution in [3.05, 3.63) is 47.1 Å². The number of aromatic nitrogens is 1. The number of hydrogen-bond donors (Lipinski definition) is 3. The normalized spacial score (nSPS) is 39.3. The zero-order chi connectivity index (χ0) is 24.9. The van der Waals surface area contributed by atoms with E-state index in [0.717, 1.165) is 18.4 Å². The number of aliphatic hydroxyl groups excluding tert-OH is 2. The number of aryl methyl sites for hydroxylation is 1. The second-order valence-electron chi connectivity index (χ2n) is 11.5. The number of rotatable bonds is 4. The molecule has 2 fully saturated rings. The van der Waals surface area contributed by atoms with Crippen molar-refractivity contribution in [2.75, 3.05) is 6.61 Å². The molecular weight excluding hydrogens is 446 g/mol. The van der Waals surface area contributed by atoms with Crippen LogP contribution in [0.1, 0.15) is 46.1 Å². The summed E-state index contributed by atoms with van der Waals surface area (Å²) < 4.78 is 11.8. The smallest absolute Gasteiger partial charge is 0.262 e. The van der Waals surface area contributed by atoms with Crippen molar-refractivity contribution in [2.45, 2.75) is 64.8 Å². The highest BCUT2D eigenvalue weighted by Crippen LogP contribution is 2.70. The largest absolute Gasteiger partial charge is 0.464 e. The van der Waals surface area contributed by atoms with E-state index in [1.165, 1.54) is 0 Å². The third kappa shape index (κ3) is 2.77. The molecule has 1 spiro atoms. The van der Waals surface area contributed by atoms with Crippen LogP contribution in [0.4, 0.5) is 0 Å². The Balaban J connectivity index is 1.46. The van der Waals surface area contributed by atoms with E-state index in [1.807, 2.05) is 31.2 Å². The van der Waals surface area contributed by atoms with Crippen molar-refractivity contribution >= 4 is 16.8 Å². The number of carbonyl (C=O) groups excluding carboxylic acids is 1. The predicted molar refractivity (Wildman–Crippen MR) is 129 cm³/mol. The summed E-state index contributed by atoms with van der Waals surface area (Å²) in [5.41, 5.74) is -0.671. The van der Waals surface area contributed by atoms with Gasteiger partial charge in [-0.15, -0.1) is 0 Å². The van der Waals surface area contributed by atoms with E-state index in [0.29, 0.717) is 28.9 Å². The van der Waals surface area contributed by atoms with E-state index in [1.54, 1.807) is 6.08 Å². The summed E-state index contributed by atoms with van der Waals surface area (Å²) in [6.45, 7) is 7.78. The van der Waals surface area contributed by atoms with Gasteiger partial charge in [0.05, 0.1) is 17.4 Å². The van der Waals surface area contributed by atoms with Crippen LogP contribution in [-0.4, -0.2) is 50.7 Å². The van der Waals surface area contributed by atoms with Crippen molar-refractivity contribution in [1.82, 2.24) is 5.16 Å². The third-order valence-corrected chi connectivity index (χ3v) is 9.61. The first-order valence-corrected chi connectivity index (χ1v) is 12.6. The van der Waals surface area contributed by atoms with Gasteiger partial charge in [-0.25, -0.2) is 0 Å². The second-order valence-corrected chi connectivity index (χ2v) is 11.5. The minimum Gasteiger partial charge on any atom is -0.464 e. The van der Waals surface area contributed by atoms with Crippen LogP contribution in [0.25, 0.3) is 11.0 Å². The van der Waals surface area contributed by atoms with Crippen molar-refractivity contribution in [2.24, 2.45) is 28.6 Å². The zero-order valence-corrected chi connectivity index (χ0v) is 20.6. The first-order chi connectivity index (χ1) is 16.6. The molecule has 4 aliphatic rings. The lowest BCUT2D eigenvalue weighted by Crippen LogP contribution is -2.64. The molecule has 4 aliphatic carbocycles. The van der Waals surface area contributed by atoms with Crippen LogP contribution in [0.15, 0.2) is 46.0 Å². The Labute approximate surface area is 204 Å². The second kappa shape index (κ2) is 7.28. The molecule has 1 aromatic carbocycles. The minimum atomic E-state index is -1.98. The molecule has 35 heavy (non-hydrogen) atoms. The van der Waals surface area contributed by atoms with Gasteiger partial charge < -0.3 is 24.6 Å². The van der Waals surface area contributed by atoms with E-state index in [-0.39, 0.29) is 28.6 Å². The van der Waals surface area contributed by atoms with Crippen LogP contribution in [0.2, 0.25) is 0 Å². The van der Waals surface area contributed by atoms with Crippen LogP contribution in [0.5, 0.6) is 5.88 Å². The molecule has 2 aromatic rings. The van der Waals surface area contributed by atoms with Crippen LogP contribution >= 0.6 is 0 Å². The highest BCUT2D eigenvalue weighted by Gasteiger charge is 2.74. The molecule has 0 amide bonds. The van der Waals surface area contributed by atoms with Gasteiger partial charge in [0.2, 0.25) is 0 Å². The van der Waals surface area contributed by atoms with E-state index < -0.39 is 35.7 Å². The number of ether oxygens (including phenoxy) is 1. The average Bonchev–Trinajstić information content (AvgIpc) is 3.12. The Morgan fingerprint density at radius 1 is 1.29 bits per heavy atom. The molecule has 0 radical (unpaired) electrons. The molecule has 6 rings (SSSR count). The van der Waals surface area contributed by atoms with Gasteiger partial charge >= 0.3 is 0 Å². The summed E-state index contributed by atoms with van der Waals surface area (Å²) in [5, 5.41) is 38.9. The standard InChI is InChI=1S/C28H33NO6/c1-5-15-6-7-17-20(10-15)35-29-25(17)34-24-14(2)12-27-9-8-19-21(26(19,3)4)18(23(27)32)11-16(13-30)22(31)28(24,27)33/h6-7,10-12,18-19,21-22,24,30-31,33H,5,8-9,13H2,1-4H3/t18-,19?,21-,22+,24-,27+,28-/m0/s1. The lowest BCUT2D eigenvalue weighted by Gasteiger charge is -2.46. The fourth-order valence-corrected chi connectivity index (χ4v) is 7.59. The minimum absolute atomic E-state index is 0.0106. The van der Waals surface area contributed by atoms with Gasteiger partial charge in [-0.3, -0.25) is 4.79 Å². The van der Waals surface area contributed by atoms with Gasteiger partial charge in [0.1, 0.15) is 6.10 Å². The van der Waals surface area contributed by atoms with Crippen molar-refractivity contribution in [1.29, 1.82) is 0 Å². The van der Waals surface area contributed by atoms with Gasteiger partial charge in [-0.2, -0.15) is 0 Å². The highest BCUT2D eigenvalue weighted by atomic mass is 16.6. The summed E-state index contributed by atoms with van der Waals surface area (Å²) in [5.74, 6) is 0.132. The average molecular weight is 480 g/mol. The number of allylic oxidation sites excluding steroid dienone is 1. The summed E-state index contributed by atoms with van der Waals surface area (Å²) in [6.07, 6.45) is 3.09. The van der Waals surface area contributed by atoms with Crippen LogP contribution < -0.4 is 4.74 Å². The molecule has 1 unspecified atom stereocenters. The SMILES string of the molecule is CCc1ccc2c(O[C@H]3C(C)=C[C@@]45CCC6[C@H]([C@H](C=C(CO)[C@@H](O)[C@]34O)C5=O)C6(C)C)noc2c1. The lowest BCUT2D eigenvalue weighted by molar-refractivity contribution is -0.177. The summed E-state index contributed by atoms with van der Waals surface area (Å²) in [6, 6.07) is 5.75. The Morgan fingerprint density at radius 3 is 2.77 bits per heavy atom. The fourth-order valence-electron chi connectivity index (χ4n) is 7.59. The Morgan fingerprint density at radius 2 is 2.06 bits per heavy atom. The topological polar surface area (TPSA) is 113 Å². The van der Waals surface area contributed by atoms with Gasteiger partial charge in [0.15, 0.2) is 23.1 Å². The summed E-state index contributed by atoms with van der Waals surface area (Å²) in [4.78, 5) is 14.2. The number of carbonyl (C=O) groups is 1. The number of hydrogen-bond acceptors (Lipinski definition) is 7. The van der Waals surface area contributed by atoms with E-state index in [9.17, 15) is 20.1 Å². The summed E-state index contributed by atoms with van der Waals surface area (Å²) >= 11 is 0. The molecule has 186 valence electrons. The van der Waals surface area contributed by atoms with Crippen LogP contribution in [0.3, 0.4) is 0 Å². The Kier molecular flexibility index (Phi) is 4.77. The molecule has 7 atom stereocenters. The number of fused-ring (bicyclic) bond motifs is 4. The van der Waals surface area contributed by atoms with Crippen molar-refractivity contribution in [3.8, 4) is 5.88 Å². The van der Waals surface area contributed by atoms with Crippen molar-refractivity contribution in [3.63, 3.8) is 0 Å². The number of ketones is 1. The van der Waals surface area contributed by atoms with Gasteiger partial charge in [-0.05, 0) is 77.4 Å². The van der Waals surface area contributed by atoms with E-state index in [4.69, 9.17) is 9.26 Å². The zero-order valence-electron chi connectivity index (χ0n) is 20.6. The molecule has 2 bridgehead atoms. The molecular formula is C28H33NO6. The Hall–Kier alpha value is -2.48. The molecule has 7 nitrogen and oxygen atoms in total. The predicted octanol–water partition coefficient (Wildman–Crippen LogP) is 3.36. The molecule has 2 saturated carbocycles. The third-order valence-electron chi connectivity index (χ3n) is 9.61. The maximum atomic E-state index is 14.2. The summed E-state index contributed by atoms with van der Waals surface area (Å²) in [7, 11) is 0. The van der Waals surface area contributed by atoms with Gasteiger partial charge in [0.25, 0.3) is 5.88 Å². The number of Topliss-reactive ketones (excluding diaryl/α,β-unsaturated/α-hetero) is 1. The quantitative estimate of drug-likeness (QED) is 0.577. The van der Waals surface area contributed by atoms with Crippen LogP contribution in [0, 0.1) is 28.6 Å². The van der Waals surface area contributed by atoms with Crippen molar-refractivity contribution < 1.29 is 29.4 Å². The highest BCUT2D eigenvalue weighted by molar-refractivity contribution is 5.95. The fraction of sp³-hybridized carbons (Fsp3) is 0.571. The lowest BCUT2D eigenvalue weighted by atomic mass is 9.63. The monoisotopic (exact) mass is 479 g/mol. The molecule has 0 aliphatic heterocycles.